The van der Waals surface area contributed by atoms with E-state index in [9.17, 15) is 0 Å². The second-order valence-electron chi connectivity index (χ2n) is 13.7. The minimum absolute atomic E-state index is 0.127. The standard InChI is InChI=1S/C44H48F2N2O2/c1-2-3-4-5-6-7-8-31-9-11-32(12-10-31)33-25-27-44(28-26-33,34-13-23-42(40(45)29-34)49-38-19-15-36(47)16-20-38)35-14-24-43(41(46)30-35)50-39-21-17-37(48)18-22-39/h9-24,29-30,33H,2-8,25-28,47-48H2,1H3. The topological polar surface area (TPSA) is 70.5 Å². The number of ether oxygens (including phenoxy) is 2. The fourth-order valence-electron chi connectivity index (χ4n) is 7.34. The first-order valence-electron chi connectivity index (χ1n) is 18.1. The number of benzene rings is 5. The zero-order valence-corrected chi connectivity index (χ0v) is 29.0. The Labute approximate surface area is 295 Å². The third kappa shape index (κ3) is 8.47. The van der Waals surface area contributed by atoms with Gasteiger partial charge in [-0.15, -0.1) is 0 Å². The van der Waals surface area contributed by atoms with Gasteiger partial charge in [0.15, 0.2) is 23.1 Å². The molecular formula is C44H48F2N2O2. The number of hydrogen-bond donors (Lipinski definition) is 2. The molecule has 0 amide bonds. The number of unbranched alkanes of at least 4 members (excludes halogenated alkanes) is 5. The van der Waals surface area contributed by atoms with Gasteiger partial charge in [-0.05, 0) is 139 Å². The summed E-state index contributed by atoms with van der Waals surface area (Å²) >= 11 is 0. The molecule has 0 unspecified atom stereocenters. The van der Waals surface area contributed by atoms with Gasteiger partial charge in [0.25, 0.3) is 0 Å². The molecule has 5 aromatic rings. The van der Waals surface area contributed by atoms with E-state index >= 15 is 8.78 Å². The molecule has 5 aromatic carbocycles. The second kappa shape index (κ2) is 16.2. The SMILES string of the molecule is CCCCCCCCc1ccc(C2CCC(c3ccc(Oc4ccc(N)cc4)c(F)c3)(c3ccc(Oc4ccc(N)cc4)c(F)c3)CC2)cc1. The average Bonchev–Trinajstić information content (AvgIpc) is 3.13. The number of rotatable bonds is 14. The van der Waals surface area contributed by atoms with Crippen molar-refractivity contribution in [3.63, 3.8) is 0 Å². The van der Waals surface area contributed by atoms with Crippen molar-refractivity contribution in [1.82, 2.24) is 0 Å². The van der Waals surface area contributed by atoms with Gasteiger partial charge in [0.1, 0.15) is 11.5 Å². The molecule has 0 atom stereocenters. The molecule has 1 saturated carbocycles. The summed E-state index contributed by atoms with van der Waals surface area (Å²) in [7, 11) is 0. The van der Waals surface area contributed by atoms with Gasteiger partial charge in [-0.2, -0.15) is 0 Å². The monoisotopic (exact) mass is 674 g/mol. The Bertz CT molecular complexity index is 1730. The number of halogens is 2. The highest BCUT2D eigenvalue weighted by Gasteiger charge is 2.40. The summed E-state index contributed by atoms with van der Waals surface area (Å²) in [5.41, 5.74) is 16.6. The van der Waals surface area contributed by atoms with E-state index in [1.54, 1.807) is 72.8 Å². The van der Waals surface area contributed by atoms with Crippen molar-refractivity contribution < 1.29 is 18.3 Å². The Kier molecular flexibility index (Phi) is 11.4. The number of nitrogens with two attached hydrogens (primary N) is 2. The fraction of sp³-hybridized carbons (Fsp3) is 0.318. The lowest BCUT2D eigenvalue weighted by molar-refractivity contribution is 0.312. The quantitative estimate of drug-likeness (QED) is 0.0908. The molecule has 6 heteroatoms. The zero-order valence-electron chi connectivity index (χ0n) is 29.0. The first kappa shape index (κ1) is 35.0. The van der Waals surface area contributed by atoms with Crippen molar-refractivity contribution in [2.24, 2.45) is 0 Å². The molecule has 0 aliphatic heterocycles. The van der Waals surface area contributed by atoms with E-state index in [1.165, 1.54) is 49.7 Å². The van der Waals surface area contributed by atoms with Crippen LogP contribution in [0.25, 0.3) is 0 Å². The number of aryl methyl sites for hydroxylation is 1. The van der Waals surface area contributed by atoms with Crippen LogP contribution in [0.3, 0.4) is 0 Å². The predicted octanol–water partition coefficient (Wildman–Crippen LogP) is 12.3. The largest absolute Gasteiger partial charge is 0.454 e. The third-order valence-corrected chi connectivity index (χ3v) is 10.3. The first-order valence-corrected chi connectivity index (χ1v) is 18.1. The Morgan fingerprint density at radius 3 is 1.56 bits per heavy atom. The van der Waals surface area contributed by atoms with E-state index in [0.717, 1.165) is 43.2 Å². The molecule has 0 bridgehead atoms. The van der Waals surface area contributed by atoms with Gasteiger partial charge in [-0.1, -0.05) is 75.4 Å². The van der Waals surface area contributed by atoms with Crippen LogP contribution in [0.5, 0.6) is 23.0 Å². The van der Waals surface area contributed by atoms with Gasteiger partial charge in [0, 0.05) is 16.8 Å². The van der Waals surface area contributed by atoms with E-state index in [-0.39, 0.29) is 11.5 Å². The molecule has 4 nitrogen and oxygen atoms in total. The highest BCUT2D eigenvalue weighted by molar-refractivity contribution is 5.48. The van der Waals surface area contributed by atoms with E-state index in [2.05, 4.69) is 31.2 Å². The number of nitrogen functional groups attached to an aromatic ring is 2. The van der Waals surface area contributed by atoms with Gasteiger partial charge in [-0.25, -0.2) is 8.78 Å². The summed E-state index contributed by atoms with van der Waals surface area (Å²) in [6.07, 6.45) is 12.2. The maximum atomic E-state index is 15.8. The lowest BCUT2D eigenvalue weighted by Crippen LogP contribution is -2.33. The number of hydrogen-bond acceptors (Lipinski definition) is 4. The maximum absolute atomic E-state index is 15.8. The highest BCUT2D eigenvalue weighted by atomic mass is 19.1. The van der Waals surface area contributed by atoms with Crippen LogP contribution in [0.15, 0.2) is 109 Å². The summed E-state index contributed by atoms with van der Waals surface area (Å²) in [5, 5.41) is 0. The van der Waals surface area contributed by atoms with Gasteiger partial charge in [0.2, 0.25) is 0 Å². The minimum Gasteiger partial charge on any atom is -0.454 e. The molecule has 1 aliphatic carbocycles. The van der Waals surface area contributed by atoms with E-state index in [0.29, 0.717) is 28.8 Å². The van der Waals surface area contributed by atoms with Crippen molar-refractivity contribution >= 4 is 11.4 Å². The summed E-state index contributed by atoms with van der Waals surface area (Å²) in [6.45, 7) is 2.25. The molecule has 0 aromatic heterocycles. The molecule has 0 radical (unpaired) electrons. The van der Waals surface area contributed by atoms with E-state index in [4.69, 9.17) is 20.9 Å². The third-order valence-electron chi connectivity index (χ3n) is 10.3. The van der Waals surface area contributed by atoms with Crippen molar-refractivity contribution in [3.8, 4) is 23.0 Å². The van der Waals surface area contributed by atoms with Crippen molar-refractivity contribution in [2.45, 2.75) is 88.9 Å². The van der Waals surface area contributed by atoms with Gasteiger partial charge >= 0.3 is 0 Å². The fourth-order valence-corrected chi connectivity index (χ4v) is 7.34. The minimum atomic E-state index is -0.588. The lowest BCUT2D eigenvalue weighted by atomic mass is 9.62. The molecule has 0 heterocycles. The molecule has 1 aliphatic rings. The Balaban J connectivity index is 1.22. The molecule has 4 N–H and O–H groups in total. The lowest BCUT2D eigenvalue weighted by Gasteiger charge is -2.42. The molecule has 6 rings (SSSR count). The van der Waals surface area contributed by atoms with Crippen molar-refractivity contribution in [1.29, 1.82) is 0 Å². The van der Waals surface area contributed by atoms with Crippen LogP contribution >= 0.6 is 0 Å². The molecular weight excluding hydrogens is 626 g/mol. The Morgan fingerprint density at radius 1 is 0.600 bits per heavy atom. The molecule has 50 heavy (non-hydrogen) atoms. The second-order valence-corrected chi connectivity index (χ2v) is 13.7. The zero-order chi connectivity index (χ0) is 34.9. The van der Waals surface area contributed by atoms with E-state index < -0.39 is 17.0 Å². The summed E-state index contributed by atoms with van der Waals surface area (Å²) in [6, 6.07) is 33.2. The molecule has 0 saturated heterocycles. The highest BCUT2D eigenvalue weighted by Crippen LogP contribution is 2.50. The van der Waals surface area contributed by atoms with Crippen LogP contribution in [0.4, 0.5) is 20.2 Å². The Morgan fingerprint density at radius 2 is 1.08 bits per heavy atom. The molecule has 1 fully saturated rings. The van der Waals surface area contributed by atoms with Crippen molar-refractivity contribution in [3.05, 3.63) is 143 Å². The van der Waals surface area contributed by atoms with Crippen LogP contribution in [0.1, 0.15) is 99.3 Å². The first-order chi connectivity index (χ1) is 24.3. The van der Waals surface area contributed by atoms with Crippen LogP contribution in [-0.2, 0) is 11.8 Å². The number of anilines is 2. The predicted molar refractivity (Wildman–Crippen MR) is 200 cm³/mol. The van der Waals surface area contributed by atoms with Gasteiger partial charge < -0.3 is 20.9 Å². The normalized spacial score (nSPS) is 14.4. The van der Waals surface area contributed by atoms with Crippen molar-refractivity contribution in [2.75, 3.05) is 11.5 Å². The molecule has 0 spiro atoms. The summed E-state index contributed by atoms with van der Waals surface area (Å²) in [4.78, 5) is 0. The smallest absolute Gasteiger partial charge is 0.166 e. The average molecular weight is 675 g/mol. The van der Waals surface area contributed by atoms with Crippen LogP contribution in [0.2, 0.25) is 0 Å². The van der Waals surface area contributed by atoms with Gasteiger partial charge in [-0.3, -0.25) is 0 Å². The Hall–Kier alpha value is -4.84. The summed E-state index contributed by atoms with van der Waals surface area (Å²) in [5.74, 6) is 0.692. The maximum Gasteiger partial charge on any atom is 0.166 e. The molecule has 260 valence electrons. The summed E-state index contributed by atoms with van der Waals surface area (Å²) < 4.78 is 43.2. The van der Waals surface area contributed by atoms with Crippen LogP contribution in [-0.4, -0.2) is 0 Å². The van der Waals surface area contributed by atoms with Crippen LogP contribution < -0.4 is 20.9 Å². The van der Waals surface area contributed by atoms with Gasteiger partial charge in [0.05, 0.1) is 0 Å². The van der Waals surface area contributed by atoms with E-state index in [1.807, 2.05) is 12.1 Å². The van der Waals surface area contributed by atoms with Crippen LogP contribution in [0, 0.1) is 11.6 Å².